The monoisotopic (exact) mass is 389 g/mol. The Kier molecular flexibility index (Phi) is 11.4. The largest absolute Gasteiger partial charge is 0.383 e. The molecule has 0 saturated heterocycles. The molecular weight excluding hydrogens is 369 g/mol. The molecule has 0 radical (unpaired) electrons. The third kappa shape index (κ3) is 7.51. The number of nitrogens with two attached hydrogens (primary N) is 1. The molecule has 1 aromatic heterocycles. The van der Waals surface area contributed by atoms with Gasteiger partial charge in [-0.05, 0) is 35.9 Å². The highest BCUT2D eigenvalue weighted by molar-refractivity contribution is 7.98. The molecule has 1 amide bonds. The van der Waals surface area contributed by atoms with E-state index in [0.29, 0.717) is 0 Å². The Morgan fingerprint density at radius 2 is 2.00 bits per heavy atom. The Balaban J connectivity index is 0.00000264. The number of anilines is 1. The molecule has 8 heteroatoms. The van der Waals surface area contributed by atoms with E-state index in [-0.39, 0.29) is 37.3 Å². The van der Waals surface area contributed by atoms with Crippen LogP contribution in [0.25, 0.3) is 0 Å². The van der Waals surface area contributed by atoms with Crippen molar-refractivity contribution in [2.45, 2.75) is 16.7 Å². The van der Waals surface area contributed by atoms with Crippen LogP contribution in [0.15, 0.2) is 53.7 Å². The maximum absolute atomic E-state index is 11.8. The minimum absolute atomic E-state index is 0. The van der Waals surface area contributed by atoms with E-state index in [0.717, 1.165) is 16.3 Å². The zero-order valence-electron chi connectivity index (χ0n) is 13.2. The molecule has 0 saturated carbocycles. The number of hydrogen-bond donors (Lipinski definition) is 2. The van der Waals surface area contributed by atoms with Crippen molar-refractivity contribution in [2.75, 3.05) is 19.0 Å². The molecule has 24 heavy (non-hydrogen) atoms. The van der Waals surface area contributed by atoms with Crippen molar-refractivity contribution in [2.24, 2.45) is 5.73 Å². The van der Waals surface area contributed by atoms with E-state index in [1.807, 2.05) is 42.6 Å². The first-order chi connectivity index (χ1) is 10.7. The van der Waals surface area contributed by atoms with E-state index in [4.69, 9.17) is 10.5 Å². The van der Waals surface area contributed by atoms with Crippen LogP contribution in [0.4, 0.5) is 5.69 Å². The topological polar surface area (TPSA) is 77.2 Å². The third-order valence-electron chi connectivity index (χ3n) is 2.93. The van der Waals surface area contributed by atoms with Gasteiger partial charge in [0.25, 0.3) is 0 Å². The number of pyridine rings is 1. The fraction of sp³-hybridized carbons (Fsp3) is 0.250. The van der Waals surface area contributed by atoms with E-state index < -0.39 is 6.04 Å². The molecule has 0 aliphatic carbocycles. The van der Waals surface area contributed by atoms with Gasteiger partial charge < -0.3 is 15.8 Å². The summed E-state index contributed by atoms with van der Waals surface area (Å²) in [6, 6.07) is 11.0. The zero-order chi connectivity index (χ0) is 15.8. The van der Waals surface area contributed by atoms with Crippen LogP contribution in [0.5, 0.6) is 0 Å². The maximum Gasteiger partial charge on any atom is 0.243 e. The van der Waals surface area contributed by atoms with Crippen LogP contribution in [-0.4, -0.2) is 30.6 Å². The second kappa shape index (κ2) is 12.1. The predicted molar refractivity (Wildman–Crippen MR) is 103 cm³/mol. The number of nitrogens with one attached hydrogen (secondary N) is 1. The summed E-state index contributed by atoms with van der Waals surface area (Å²) < 4.78 is 4.86. The molecule has 0 aliphatic heterocycles. The first-order valence-corrected chi connectivity index (χ1v) is 7.85. The molecule has 0 fully saturated rings. The summed E-state index contributed by atoms with van der Waals surface area (Å²) in [6.07, 6.45) is 3.62. The molecule has 1 heterocycles. The lowest BCUT2D eigenvalue weighted by Crippen LogP contribution is -2.39. The van der Waals surface area contributed by atoms with Crippen molar-refractivity contribution in [1.82, 2.24) is 4.98 Å². The smallest absolute Gasteiger partial charge is 0.243 e. The summed E-state index contributed by atoms with van der Waals surface area (Å²) in [7, 11) is 1.52. The molecule has 5 nitrogen and oxygen atoms in total. The fourth-order valence-corrected chi connectivity index (χ4v) is 2.61. The predicted octanol–water partition coefficient (Wildman–Crippen LogP) is 3.13. The van der Waals surface area contributed by atoms with Gasteiger partial charge >= 0.3 is 0 Å². The van der Waals surface area contributed by atoms with Crippen LogP contribution >= 0.6 is 36.6 Å². The summed E-state index contributed by atoms with van der Waals surface area (Å²) in [5, 5.41) is 2.76. The molecule has 0 bridgehead atoms. The zero-order valence-corrected chi connectivity index (χ0v) is 15.6. The molecule has 1 unspecified atom stereocenters. The number of benzene rings is 1. The first-order valence-electron chi connectivity index (χ1n) is 6.86. The number of halogens is 2. The summed E-state index contributed by atoms with van der Waals surface area (Å²) in [6.45, 7) is 0.199. The van der Waals surface area contributed by atoms with Crippen LogP contribution in [0.3, 0.4) is 0 Å². The van der Waals surface area contributed by atoms with Gasteiger partial charge in [-0.25, -0.2) is 0 Å². The standard InChI is InChI=1S/C16H19N3O2S.2ClH/c1-21-10-15(17)16(20)19-13-4-6-14(7-5-13)22-11-12-3-2-8-18-9-12;;/h2-9,15H,10-11,17H2,1H3,(H,19,20);2*1H. The highest BCUT2D eigenvalue weighted by Crippen LogP contribution is 2.23. The normalized spacial score (nSPS) is 10.9. The van der Waals surface area contributed by atoms with Gasteiger partial charge in [-0.1, -0.05) is 6.07 Å². The third-order valence-corrected chi connectivity index (χ3v) is 4.02. The first kappa shape index (κ1) is 22.7. The highest BCUT2D eigenvalue weighted by atomic mass is 35.5. The molecule has 132 valence electrons. The Bertz CT molecular complexity index is 600. The molecule has 1 aromatic carbocycles. The number of rotatable bonds is 7. The molecule has 2 rings (SSSR count). The van der Waals surface area contributed by atoms with Crippen molar-refractivity contribution in [3.05, 3.63) is 54.4 Å². The lowest BCUT2D eigenvalue weighted by atomic mass is 10.2. The van der Waals surface area contributed by atoms with Gasteiger partial charge in [-0.15, -0.1) is 36.6 Å². The lowest BCUT2D eigenvalue weighted by Gasteiger charge is -2.11. The van der Waals surface area contributed by atoms with Crippen molar-refractivity contribution in [3.63, 3.8) is 0 Å². The average molecular weight is 390 g/mol. The van der Waals surface area contributed by atoms with E-state index >= 15 is 0 Å². The summed E-state index contributed by atoms with van der Waals surface area (Å²) >= 11 is 1.72. The average Bonchev–Trinajstić information content (AvgIpc) is 2.55. The highest BCUT2D eigenvalue weighted by Gasteiger charge is 2.12. The van der Waals surface area contributed by atoms with Crippen LogP contribution in [0.2, 0.25) is 0 Å². The molecule has 0 aliphatic rings. The van der Waals surface area contributed by atoms with Crippen LogP contribution < -0.4 is 11.1 Å². The number of carbonyl (C=O) groups is 1. The minimum atomic E-state index is -0.662. The van der Waals surface area contributed by atoms with Crippen LogP contribution in [-0.2, 0) is 15.3 Å². The molecule has 2 aromatic rings. The molecule has 1 atom stereocenters. The summed E-state index contributed by atoms with van der Waals surface area (Å²) in [5.41, 5.74) is 7.57. The van der Waals surface area contributed by atoms with Gasteiger partial charge in [-0.2, -0.15) is 0 Å². The molecular formula is C16H21Cl2N3O2S. The number of methoxy groups -OCH3 is 1. The number of carbonyl (C=O) groups excluding carboxylic acids is 1. The van der Waals surface area contributed by atoms with Gasteiger partial charge in [0, 0.05) is 35.8 Å². The van der Waals surface area contributed by atoms with Gasteiger partial charge in [0.15, 0.2) is 0 Å². The van der Waals surface area contributed by atoms with E-state index in [1.165, 1.54) is 12.7 Å². The Hall–Kier alpha value is -1.31. The quantitative estimate of drug-likeness (QED) is 0.711. The molecule has 3 N–H and O–H groups in total. The van der Waals surface area contributed by atoms with Crippen molar-refractivity contribution >= 4 is 48.2 Å². The number of nitrogens with zero attached hydrogens (tertiary/aromatic N) is 1. The minimum Gasteiger partial charge on any atom is -0.383 e. The number of aromatic nitrogens is 1. The Morgan fingerprint density at radius 1 is 1.29 bits per heavy atom. The summed E-state index contributed by atoms with van der Waals surface area (Å²) in [5.74, 6) is 0.607. The summed E-state index contributed by atoms with van der Waals surface area (Å²) in [4.78, 5) is 17.0. The Labute approximate surface area is 158 Å². The number of thioether (sulfide) groups is 1. The van der Waals surface area contributed by atoms with Gasteiger partial charge in [0.2, 0.25) is 5.91 Å². The lowest BCUT2D eigenvalue weighted by molar-refractivity contribution is -0.118. The van der Waals surface area contributed by atoms with Gasteiger partial charge in [0.05, 0.1) is 6.61 Å². The van der Waals surface area contributed by atoms with Crippen molar-refractivity contribution < 1.29 is 9.53 Å². The fourth-order valence-electron chi connectivity index (χ4n) is 1.77. The van der Waals surface area contributed by atoms with Crippen molar-refractivity contribution in [1.29, 1.82) is 0 Å². The number of amides is 1. The number of hydrogen-bond acceptors (Lipinski definition) is 5. The second-order valence-corrected chi connectivity index (χ2v) is 5.77. The van der Waals surface area contributed by atoms with Crippen LogP contribution in [0, 0.1) is 0 Å². The second-order valence-electron chi connectivity index (χ2n) is 4.73. The van der Waals surface area contributed by atoms with Crippen LogP contribution in [0.1, 0.15) is 5.56 Å². The van der Waals surface area contributed by atoms with E-state index in [2.05, 4.69) is 10.3 Å². The van der Waals surface area contributed by atoms with E-state index in [1.54, 1.807) is 18.0 Å². The van der Waals surface area contributed by atoms with E-state index in [9.17, 15) is 4.79 Å². The Morgan fingerprint density at radius 3 is 2.58 bits per heavy atom. The SMILES string of the molecule is COCC(N)C(=O)Nc1ccc(SCc2cccnc2)cc1.Cl.Cl. The van der Waals surface area contributed by atoms with Crippen molar-refractivity contribution in [3.8, 4) is 0 Å². The molecule has 0 spiro atoms. The number of ether oxygens (including phenoxy) is 1. The van der Waals surface area contributed by atoms with Gasteiger partial charge in [0.1, 0.15) is 6.04 Å². The van der Waals surface area contributed by atoms with Gasteiger partial charge in [-0.3, -0.25) is 9.78 Å². The maximum atomic E-state index is 11.8.